The third kappa shape index (κ3) is 8.49. The zero-order valence-corrected chi connectivity index (χ0v) is 18.6. The summed E-state index contributed by atoms with van der Waals surface area (Å²) in [6.07, 6.45) is 1.79. The SMILES string of the molecule is CCN(CC)C(CNC(=NC)NC(C)CCS(C)(=O)=O)c1ccccc1Cl. The van der Waals surface area contributed by atoms with E-state index in [-0.39, 0.29) is 17.8 Å². The normalized spacial score (nSPS) is 14.9. The third-order valence-corrected chi connectivity index (χ3v) is 5.83. The molecule has 2 N–H and O–H groups in total. The van der Waals surface area contributed by atoms with Crippen LogP contribution in [0.5, 0.6) is 0 Å². The molecule has 6 nitrogen and oxygen atoms in total. The highest BCUT2D eigenvalue weighted by atomic mass is 35.5. The van der Waals surface area contributed by atoms with Crippen molar-refractivity contribution in [1.82, 2.24) is 15.5 Å². The standard InChI is InChI=1S/C19H33ClN4O2S/c1-6-24(7-2)18(16-10-8-9-11-17(16)20)14-22-19(21-4)23-15(3)12-13-27(5,25)26/h8-11,15,18H,6-7,12-14H2,1-5H3,(H2,21,22,23). The second-order valence-corrected chi connectivity index (χ2v) is 9.34. The van der Waals surface area contributed by atoms with Crippen LogP contribution < -0.4 is 10.6 Å². The highest BCUT2D eigenvalue weighted by Crippen LogP contribution is 2.26. The van der Waals surface area contributed by atoms with Crippen molar-refractivity contribution in [2.24, 2.45) is 4.99 Å². The second-order valence-electron chi connectivity index (χ2n) is 6.68. The number of nitrogens with zero attached hydrogens (tertiary/aromatic N) is 2. The summed E-state index contributed by atoms with van der Waals surface area (Å²) in [5.74, 6) is 0.806. The Hall–Kier alpha value is -1.31. The van der Waals surface area contributed by atoms with Gasteiger partial charge in [0.25, 0.3) is 0 Å². The lowest BCUT2D eigenvalue weighted by molar-refractivity contribution is 0.219. The first kappa shape index (κ1) is 23.7. The van der Waals surface area contributed by atoms with E-state index in [1.54, 1.807) is 7.05 Å². The summed E-state index contributed by atoms with van der Waals surface area (Å²) in [6.45, 7) is 8.68. The third-order valence-electron chi connectivity index (χ3n) is 4.51. The van der Waals surface area contributed by atoms with Crippen LogP contribution in [-0.4, -0.2) is 64.0 Å². The Labute approximate surface area is 169 Å². The molecule has 27 heavy (non-hydrogen) atoms. The highest BCUT2D eigenvalue weighted by molar-refractivity contribution is 7.90. The van der Waals surface area contributed by atoms with Crippen molar-refractivity contribution in [3.8, 4) is 0 Å². The molecule has 0 fully saturated rings. The molecular formula is C19H33ClN4O2S. The lowest BCUT2D eigenvalue weighted by Gasteiger charge is -2.31. The second kappa shape index (κ2) is 11.5. The fourth-order valence-corrected chi connectivity index (χ4v) is 3.97. The van der Waals surface area contributed by atoms with Gasteiger partial charge < -0.3 is 10.6 Å². The molecule has 0 aliphatic carbocycles. The molecule has 1 aromatic rings. The Morgan fingerprint density at radius 1 is 1.26 bits per heavy atom. The smallest absolute Gasteiger partial charge is 0.191 e. The molecule has 0 aliphatic rings. The van der Waals surface area contributed by atoms with E-state index in [0.717, 1.165) is 23.7 Å². The molecule has 0 heterocycles. The Bertz CT molecular complexity index is 705. The summed E-state index contributed by atoms with van der Waals surface area (Å²) in [4.78, 5) is 6.61. The Balaban J connectivity index is 2.79. The average Bonchev–Trinajstić information content (AvgIpc) is 2.62. The number of rotatable bonds is 10. The lowest BCUT2D eigenvalue weighted by atomic mass is 10.0. The van der Waals surface area contributed by atoms with Crippen molar-refractivity contribution in [3.05, 3.63) is 34.9 Å². The van der Waals surface area contributed by atoms with Crippen LogP contribution in [0.3, 0.4) is 0 Å². The van der Waals surface area contributed by atoms with E-state index in [9.17, 15) is 8.42 Å². The maximum absolute atomic E-state index is 11.3. The van der Waals surface area contributed by atoms with Gasteiger partial charge in [-0.1, -0.05) is 43.6 Å². The molecule has 0 aromatic heterocycles. The zero-order chi connectivity index (χ0) is 20.4. The number of nitrogens with one attached hydrogen (secondary N) is 2. The van der Waals surface area contributed by atoms with E-state index in [1.807, 2.05) is 25.1 Å². The van der Waals surface area contributed by atoms with Gasteiger partial charge in [-0.3, -0.25) is 9.89 Å². The summed E-state index contributed by atoms with van der Waals surface area (Å²) in [5, 5.41) is 7.37. The van der Waals surface area contributed by atoms with Gasteiger partial charge in [0, 0.05) is 30.9 Å². The molecule has 0 amide bonds. The van der Waals surface area contributed by atoms with Crippen molar-refractivity contribution in [1.29, 1.82) is 0 Å². The minimum atomic E-state index is -2.97. The summed E-state index contributed by atoms with van der Waals surface area (Å²) < 4.78 is 22.7. The van der Waals surface area contributed by atoms with E-state index >= 15 is 0 Å². The maximum Gasteiger partial charge on any atom is 0.191 e. The van der Waals surface area contributed by atoms with Gasteiger partial charge >= 0.3 is 0 Å². The van der Waals surface area contributed by atoms with Crippen LogP contribution >= 0.6 is 11.6 Å². The molecular weight excluding hydrogens is 384 g/mol. The lowest BCUT2D eigenvalue weighted by Crippen LogP contribution is -2.46. The maximum atomic E-state index is 11.3. The number of hydrogen-bond acceptors (Lipinski definition) is 4. The molecule has 0 aliphatic heterocycles. The van der Waals surface area contributed by atoms with E-state index in [4.69, 9.17) is 11.6 Å². The van der Waals surface area contributed by atoms with Crippen LogP contribution in [0.2, 0.25) is 5.02 Å². The fraction of sp³-hybridized carbons (Fsp3) is 0.632. The van der Waals surface area contributed by atoms with Crippen molar-refractivity contribution in [2.45, 2.75) is 39.3 Å². The molecule has 154 valence electrons. The molecule has 0 bridgehead atoms. The van der Waals surface area contributed by atoms with Gasteiger partial charge in [0.15, 0.2) is 5.96 Å². The number of sulfone groups is 1. The zero-order valence-electron chi connectivity index (χ0n) is 17.0. The van der Waals surface area contributed by atoms with Crippen molar-refractivity contribution in [2.75, 3.05) is 38.7 Å². The predicted octanol–water partition coefficient (Wildman–Crippen LogP) is 2.71. The summed E-state index contributed by atoms with van der Waals surface area (Å²) >= 11 is 6.44. The molecule has 2 atom stereocenters. The van der Waals surface area contributed by atoms with Crippen LogP contribution in [0.4, 0.5) is 0 Å². The van der Waals surface area contributed by atoms with Crippen molar-refractivity contribution < 1.29 is 8.42 Å². The number of hydrogen-bond donors (Lipinski definition) is 2. The van der Waals surface area contributed by atoms with Crippen LogP contribution in [0.15, 0.2) is 29.3 Å². The fourth-order valence-electron chi connectivity index (χ4n) is 2.93. The number of aliphatic imine (C=N–C) groups is 1. The molecule has 0 saturated carbocycles. The largest absolute Gasteiger partial charge is 0.354 e. The molecule has 0 radical (unpaired) electrons. The number of guanidine groups is 1. The van der Waals surface area contributed by atoms with Crippen LogP contribution in [0.25, 0.3) is 0 Å². The quantitative estimate of drug-likeness (QED) is 0.453. The van der Waals surface area contributed by atoms with Crippen molar-refractivity contribution >= 4 is 27.4 Å². The molecule has 0 spiro atoms. The topological polar surface area (TPSA) is 73.8 Å². The van der Waals surface area contributed by atoms with Crippen LogP contribution in [-0.2, 0) is 9.84 Å². The molecule has 0 saturated heterocycles. The first-order chi connectivity index (χ1) is 12.7. The summed E-state index contributed by atoms with van der Waals surface area (Å²) in [6, 6.07) is 8.00. The Morgan fingerprint density at radius 2 is 1.89 bits per heavy atom. The van der Waals surface area contributed by atoms with Gasteiger partial charge in [0.1, 0.15) is 9.84 Å². The van der Waals surface area contributed by atoms with Gasteiger partial charge in [-0.05, 0) is 38.1 Å². The molecule has 1 aromatic carbocycles. The van der Waals surface area contributed by atoms with E-state index < -0.39 is 9.84 Å². The monoisotopic (exact) mass is 416 g/mol. The van der Waals surface area contributed by atoms with Gasteiger partial charge in [-0.2, -0.15) is 0 Å². The summed E-state index contributed by atoms with van der Waals surface area (Å²) in [7, 11) is -1.26. The number of likely N-dealkylation sites (N-methyl/N-ethyl adjacent to an activating group) is 1. The van der Waals surface area contributed by atoms with Gasteiger partial charge in [-0.15, -0.1) is 0 Å². The van der Waals surface area contributed by atoms with Crippen molar-refractivity contribution in [3.63, 3.8) is 0 Å². The average molecular weight is 417 g/mol. The van der Waals surface area contributed by atoms with Crippen LogP contribution in [0, 0.1) is 0 Å². The Morgan fingerprint density at radius 3 is 2.41 bits per heavy atom. The van der Waals surface area contributed by atoms with Crippen LogP contribution in [0.1, 0.15) is 38.8 Å². The van der Waals surface area contributed by atoms with E-state index in [2.05, 4.69) is 40.4 Å². The number of halogens is 1. The van der Waals surface area contributed by atoms with E-state index in [1.165, 1.54) is 6.26 Å². The first-order valence-corrected chi connectivity index (χ1v) is 11.8. The Kier molecular flexibility index (Phi) is 10.1. The van der Waals surface area contributed by atoms with Gasteiger partial charge in [0.2, 0.25) is 0 Å². The molecule has 8 heteroatoms. The molecule has 1 rings (SSSR count). The predicted molar refractivity (Wildman–Crippen MR) is 115 cm³/mol. The van der Waals surface area contributed by atoms with Gasteiger partial charge in [0.05, 0.1) is 11.8 Å². The minimum absolute atomic E-state index is 0.00172. The highest BCUT2D eigenvalue weighted by Gasteiger charge is 2.21. The van der Waals surface area contributed by atoms with Gasteiger partial charge in [-0.25, -0.2) is 8.42 Å². The van der Waals surface area contributed by atoms with E-state index in [0.29, 0.717) is 18.9 Å². The number of benzene rings is 1. The molecule has 2 unspecified atom stereocenters. The first-order valence-electron chi connectivity index (χ1n) is 9.35. The minimum Gasteiger partial charge on any atom is -0.354 e. The summed E-state index contributed by atoms with van der Waals surface area (Å²) in [5.41, 5.74) is 1.08.